The van der Waals surface area contributed by atoms with Gasteiger partial charge in [0, 0.05) is 0 Å². The predicted octanol–water partition coefficient (Wildman–Crippen LogP) is 10.7. The van der Waals surface area contributed by atoms with E-state index >= 15 is 0 Å². The van der Waals surface area contributed by atoms with Crippen molar-refractivity contribution in [2.75, 3.05) is 6.61 Å². The lowest BCUT2D eigenvalue weighted by Crippen LogP contribution is -2.22. The number of halogens is 3. The number of ether oxygens (including phenoxy) is 1. The highest BCUT2D eigenvalue weighted by Crippen LogP contribution is 2.40. The third kappa shape index (κ3) is 7.87. The van der Waals surface area contributed by atoms with Crippen LogP contribution in [-0.2, 0) is 17.3 Å². The Morgan fingerprint density at radius 3 is 1.97 bits per heavy atom. The van der Waals surface area contributed by atoms with Gasteiger partial charge in [0.2, 0.25) is 0 Å². The lowest BCUT2D eigenvalue weighted by molar-refractivity contribution is -0.249. The molecule has 38 heavy (non-hydrogen) atoms. The number of benzene rings is 2. The Morgan fingerprint density at radius 1 is 0.763 bits per heavy atom. The fraction of sp³-hybridized carbons (Fsp3) is 0.647. The molecule has 0 atom stereocenters. The molecule has 0 unspecified atom stereocenters. The van der Waals surface area contributed by atoms with Gasteiger partial charge in [-0.25, -0.2) is 4.39 Å². The second-order valence-electron chi connectivity index (χ2n) is 11.9. The molecule has 0 aliphatic heterocycles. The fourth-order valence-corrected chi connectivity index (χ4v) is 6.72. The molecule has 2 saturated carbocycles. The molecule has 4 heteroatoms. The van der Waals surface area contributed by atoms with Gasteiger partial charge < -0.3 is 4.74 Å². The van der Waals surface area contributed by atoms with Gasteiger partial charge in [-0.05, 0) is 110 Å². The van der Waals surface area contributed by atoms with Crippen molar-refractivity contribution in [2.24, 2.45) is 11.8 Å². The van der Waals surface area contributed by atoms with E-state index in [1.807, 2.05) is 12.1 Å². The number of hydrogen-bond acceptors (Lipinski definition) is 1. The SMILES string of the molecule is CCCCCC1CCC(c2ccc(CCOC(F)(F)c3ccc(C4CCC(CC)CC4)cc3F)cc2)CC1. The molecule has 0 heterocycles. The van der Waals surface area contributed by atoms with Gasteiger partial charge in [-0.1, -0.05) is 76.3 Å². The summed E-state index contributed by atoms with van der Waals surface area (Å²) in [4.78, 5) is 0. The molecule has 0 radical (unpaired) electrons. The Hall–Kier alpha value is -1.81. The van der Waals surface area contributed by atoms with Crippen LogP contribution < -0.4 is 0 Å². The summed E-state index contributed by atoms with van der Waals surface area (Å²) in [5.74, 6) is 1.64. The maximum Gasteiger partial charge on any atom is 0.386 e. The number of rotatable bonds is 12. The van der Waals surface area contributed by atoms with E-state index in [0.717, 1.165) is 48.6 Å². The topological polar surface area (TPSA) is 9.23 Å². The quantitative estimate of drug-likeness (QED) is 0.249. The van der Waals surface area contributed by atoms with Crippen molar-refractivity contribution in [3.63, 3.8) is 0 Å². The average Bonchev–Trinajstić information content (AvgIpc) is 2.94. The summed E-state index contributed by atoms with van der Waals surface area (Å²) in [7, 11) is 0. The predicted molar refractivity (Wildman–Crippen MR) is 150 cm³/mol. The maximum atomic E-state index is 14.8. The van der Waals surface area contributed by atoms with E-state index in [0.29, 0.717) is 12.3 Å². The van der Waals surface area contributed by atoms with E-state index in [4.69, 9.17) is 4.74 Å². The van der Waals surface area contributed by atoms with E-state index in [-0.39, 0.29) is 12.5 Å². The first-order valence-corrected chi connectivity index (χ1v) is 15.3. The molecular formula is C34H47F3O. The average molecular weight is 529 g/mol. The van der Waals surface area contributed by atoms with Crippen molar-refractivity contribution >= 4 is 0 Å². The molecule has 2 aromatic carbocycles. The Kier molecular flexibility index (Phi) is 10.8. The molecule has 0 amide bonds. The zero-order chi connectivity index (χ0) is 27.0. The van der Waals surface area contributed by atoms with Gasteiger partial charge in [0.15, 0.2) is 0 Å². The van der Waals surface area contributed by atoms with Crippen molar-refractivity contribution in [1.29, 1.82) is 0 Å². The minimum absolute atomic E-state index is 0.155. The zero-order valence-electron chi connectivity index (χ0n) is 23.5. The van der Waals surface area contributed by atoms with Gasteiger partial charge in [-0.2, -0.15) is 8.78 Å². The highest BCUT2D eigenvalue weighted by molar-refractivity contribution is 5.29. The Labute approximate surface area is 228 Å². The summed E-state index contributed by atoms with van der Waals surface area (Å²) in [5, 5.41) is 0. The molecular weight excluding hydrogens is 481 g/mol. The largest absolute Gasteiger partial charge is 0.386 e. The second-order valence-corrected chi connectivity index (χ2v) is 11.9. The summed E-state index contributed by atoms with van der Waals surface area (Å²) in [6, 6.07) is 12.6. The van der Waals surface area contributed by atoms with Crippen LogP contribution in [0.2, 0.25) is 0 Å². The van der Waals surface area contributed by atoms with Crippen LogP contribution in [0.3, 0.4) is 0 Å². The molecule has 2 aliphatic carbocycles. The monoisotopic (exact) mass is 528 g/mol. The smallest absolute Gasteiger partial charge is 0.316 e. The summed E-state index contributed by atoms with van der Waals surface area (Å²) in [5.41, 5.74) is 2.50. The van der Waals surface area contributed by atoms with E-state index in [2.05, 4.69) is 26.0 Å². The minimum Gasteiger partial charge on any atom is -0.316 e. The summed E-state index contributed by atoms with van der Waals surface area (Å²) < 4.78 is 49.2. The summed E-state index contributed by atoms with van der Waals surface area (Å²) in [6.45, 7) is 4.31. The van der Waals surface area contributed by atoms with Crippen LogP contribution in [0, 0.1) is 17.7 Å². The molecule has 4 rings (SSSR count). The third-order valence-electron chi connectivity index (χ3n) is 9.39. The van der Waals surface area contributed by atoms with E-state index < -0.39 is 17.5 Å². The first-order chi connectivity index (χ1) is 18.4. The molecule has 1 nitrogen and oxygen atoms in total. The first-order valence-electron chi connectivity index (χ1n) is 15.3. The van der Waals surface area contributed by atoms with Crippen LogP contribution in [0.25, 0.3) is 0 Å². The standard InChI is InChI=1S/C34H47F3O/c1-3-5-6-7-26-10-16-28(17-11-26)29-18-12-27(13-19-29)22-23-38-34(36,37)32-21-20-31(24-33(32)35)30-14-8-25(4-2)9-15-30/h12-13,18-21,24-26,28,30H,3-11,14-17,22-23H2,1-2H3. The third-order valence-corrected chi connectivity index (χ3v) is 9.39. The first kappa shape index (κ1) is 29.2. The van der Waals surface area contributed by atoms with E-state index in [1.54, 1.807) is 6.07 Å². The molecule has 0 bridgehead atoms. The molecule has 0 spiro atoms. The number of alkyl halides is 2. The molecule has 210 valence electrons. The van der Waals surface area contributed by atoms with Crippen LogP contribution >= 0.6 is 0 Å². The number of unbranched alkanes of at least 4 members (excludes halogenated alkanes) is 2. The van der Waals surface area contributed by atoms with Crippen molar-refractivity contribution in [3.8, 4) is 0 Å². The van der Waals surface area contributed by atoms with Gasteiger partial charge in [0.1, 0.15) is 5.82 Å². The van der Waals surface area contributed by atoms with Crippen LogP contribution in [0.4, 0.5) is 13.2 Å². The van der Waals surface area contributed by atoms with Crippen molar-refractivity contribution in [2.45, 2.75) is 122 Å². The van der Waals surface area contributed by atoms with Crippen LogP contribution in [0.5, 0.6) is 0 Å². The summed E-state index contributed by atoms with van der Waals surface area (Å²) >= 11 is 0. The Balaban J connectivity index is 1.24. The highest BCUT2D eigenvalue weighted by Gasteiger charge is 2.36. The maximum absolute atomic E-state index is 14.8. The van der Waals surface area contributed by atoms with Crippen molar-refractivity contribution in [1.82, 2.24) is 0 Å². The van der Waals surface area contributed by atoms with Gasteiger partial charge >= 0.3 is 6.11 Å². The molecule has 0 aromatic heterocycles. The van der Waals surface area contributed by atoms with Crippen molar-refractivity contribution in [3.05, 3.63) is 70.5 Å². The molecule has 0 N–H and O–H groups in total. The van der Waals surface area contributed by atoms with Gasteiger partial charge in [-0.3, -0.25) is 0 Å². The van der Waals surface area contributed by atoms with Crippen LogP contribution in [-0.4, -0.2) is 6.61 Å². The summed E-state index contributed by atoms with van der Waals surface area (Å²) in [6.07, 6.45) is 12.7. The molecule has 0 saturated heterocycles. The minimum atomic E-state index is -3.64. The van der Waals surface area contributed by atoms with Gasteiger partial charge in [-0.15, -0.1) is 0 Å². The Bertz CT molecular complexity index is 970. The van der Waals surface area contributed by atoms with Gasteiger partial charge in [0.25, 0.3) is 0 Å². The molecule has 2 aromatic rings. The van der Waals surface area contributed by atoms with E-state index in [1.165, 1.54) is 75.5 Å². The highest BCUT2D eigenvalue weighted by atomic mass is 19.3. The van der Waals surface area contributed by atoms with Crippen LogP contribution in [0.15, 0.2) is 42.5 Å². The van der Waals surface area contributed by atoms with Gasteiger partial charge in [0.05, 0.1) is 12.2 Å². The zero-order valence-corrected chi connectivity index (χ0v) is 23.5. The molecule has 2 fully saturated rings. The number of hydrogen-bond donors (Lipinski definition) is 0. The van der Waals surface area contributed by atoms with Crippen molar-refractivity contribution < 1.29 is 17.9 Å². The lowest BCUT2D eigenvalue weighted by atomic mass is 9.77. The lowest BCUT2D eigenvalue weighted by Gasteiger charge is -2.29. The Morgan fingerprint density at radius 2 is 1.37 bits per heavy atom. The van der Waals surface area contributed by atoms with Crippen LogP contribution in [0.1, 0.15) is 131 Å². The molecule has 2 aliphatic rings. The fourth-order valence-electron chi connectivity index (χ4n) is 6.72. The normalized spacial score (nSPS) is 24.4. The second kappa shape index (κ2) is 14.0. The van der Waals surface area contributed by atoms with E-state index in [9.17, 15) is 13.2 Å².